The molecule has 0 amide bonds. The first-order chi connectivity index (χ1) is 5.33. The van der Waals surface area contributed by atoms with Gasteiger partial charge in [-0.1, -0.05) is 24.3 Å². The minimum Gasteiger partial charge on any atom is -0.300 e. The highest BCUT2D eigenvalue weighted by atomic mass is 16.1. The van der Waals surface area contributed by atoms with Gasteiger partial charge in [0, 0.05) is 12.8 Å². The Kier molecular flexibility index (Phi) is 3.09. The first-order valence-corrected chi connectivity index (χ1v) is 4.16. The maximum absolute atomic E-state index is 11.0. The second kappa shape index (κ2) is 4.12. The van der Waals surface area contributed by atoms with E-state index in [9.17, 15) is 4.79 Å². The van der Waals surface area contributed by atoms with Crippen molar-refractivity contribution < 1.29 is 4.79 Å². The zero-order chi connectivity index (χ0) is 8.10. The highest BCUT2D eigenvalue weighted by Crippen LogP contribution is 2.14. The topological polar surface area (TPSA) is 17.1 Å². The molecule has 0 aliphatic heterocycles. The monoisotopic (exact) mass is 150 g/mol. The van der Waals surface area contributed by atoms with Crippen molar-refractivity contribution in [2.24, 2.45) is 0 Å². The molecule has 0 unspecified atom stereocenters. The Labute approximate surface area is 67.8 Å². The molecule has 1 aliphatic rings. The molecule has 60 valence electrons. The number of allylic oxidation sites excluding steroid dienone is 3. The van der Waals surface area contributed by atoms with E-state index in [1.165, 1.54) is 5.57 Å². The summed E-state index contributed by atoms with van der Waals surface area (Å²) in [4.78, 5) is 11.0. The zero-order valence-electron chi connectivity index (χ0n) is 6.81. The minimum atomic E-state index is 0.400. The molecule has 0 aromatic carbocycles. The Hall–Kier alpha value is -0.850. The third-order valence-corrected chi connectivity index (χ3v) is 2.02. The van der Waals surface area contributed by atoms with Gasteiger partial charge in [0.05, 0.1) is 0 Å². The van der Waals surface area contributed by atoms with Gasteiger partial charge >= 0.3 is 0 Å². The molecule has 0 saturated carbocycles. The van der Waals surface area contributed by atoms with Gasteiger partial charge < -0.3 is 0 Å². The molecule has 0 heterocycles. The first kappa shape index (κ1) is 8.25. The summed E-state index contributed by atoms with van der Waals surface area (Å²) in [5, 5.41) is 0. The average Bonchev–Trinajstić information content (AvgIpc) is 1.98. The van der Waals surface area contributed by atoms with E-state index in [-0.39, 0.29) is 0 Å². The third-order valence-electron chi connectivity index (χ3n) is 2.02. The van der Waals surface area contributed by atoms with Gasteiger partial charge in [0.2, 0.25) is 0 Å². The number of carbonyl (C=O) groups is 1. The Morgan fingerprint density at radius 3 is 2.91 bits per heavy atom. The molecule has 0 N–H and O–H groups in total. The lowest BCUT2D eigenvalue weighted by Gasteiger charge is -2.06. The number of ketones is 1. The van der Waals surface area contributed by atoms with E-state index in [0.717, 1.165) is 25.7 Å². The van der Waals surface area contributed by atoms with Crippen LogP contribution in [0.2, 0.25) is 0 Å². The molecule has 0 atom stereocenters. The van der Waals surface area contributed by atoms with E-state index in [4.69, 9.17) is 0 Å². The van der Waals surface area contributed by atoms with Crippen molar-refractivity contribution in [2.45, 2.75) is 32.1 Å². The van der Waals surface area contributed by atoms with Crippen LogP contribution in [0.3, 0.4) is 0 Å². The van der Waals surface area contributed by atoms with Crippen molar-refractivity contribution in [1.29, 1.82) is 0 Å². The van der Waals surface area contributed by atoms with Crippen LogP contribution in [0.15, 0.2) is 24.3 Å². The fourth-order valence-electron chi connectivity index (χ4n) is 1.28. The van der Waals surface area contributed by atoms with Gasteiger partial charge in [-0.2, -0.15) is 0 Å². The van der Waals surface area contributed by atoms with Crippen LogP contribution < -0.4 is 0 Å². The Bertz CT molecular complexity index is 189. The second-order valence-corrected chi connectivity index (χ2v) is 2.91. The Morgan fingerprint density at radius 2 is 2.18 bits per heavy atom. The van der Waals surface area contributed by atoms with Gasteiger partial charge in [-0.15, -0.1) is 0 Å². The molecule has 11 heavy (non-hydrogen) atoms. The van der Waals surface area contributed by atoms with Gasteiger partial charge in [-0.05, 0) is 19.3 Å². The summed E-state index contributed by atoms with van der Waals surface area (Å²) in [5.41, 5.74) is 1.23. The van der Waals surface area contributed by atoms with Crippen molar-refractivity contribution in [3.05, 3.63) is 24.3 Å². The van der Waals surface area contributed by atoms with Crippen LogP contribution >= 0.6 is 0 Å². The van der Waals surface area contributed by atoms with E-state index in [0.29, 0.717) is 12.2 Å². The number of hydrogen-bond donors (Lipinski definition) is 0. The number of rotatable bonds is 1. The molecule has 0 fully saturated rings. The standard InChI is InChI=1S/C10H14O/c1-2-9-5-3-4-6-10(11)8-7-9/h2,5H,1,3-4,6-8H2. The highest BCUT2D eigenvalue weighted by Gasteiger charge is 2.05. The summed E-state index contributed by atoms with van der Waals surface area (Å²) >= 11 is 0. The summed E-state index contributed by atoms with van der Waals surface area (Å²) < 4.78 is 0. The first-order valence-electron chi connectivity index (χ1n) is 4.16. The molecule has 0 radical (unpaired) electrons. The predicted octanol–water partition coefficient (Wildman–Crippen LogP) is 2.63. The number of hydrogen-bond acceptors (Lipinski definition) is 1. The quantitative estimate of drug-likeness (QED) is 0.561. The van der Waals surface area contributed by atoms with Gasteiger partial charge in [-0.3, -0.25) is 4.79 Å². The molecule has 0 saturated heterocycles. The molecule has 0 aromatic heterocycles. The van der Waals surface area contributed by atoms with Crippen molar-refractivity contribution >= 4 is 5.78 Å². The zero-order valence-corrected chi connectivity index (χ0v) is 6.81. The SMILES string of the molecule is C=CC1=CCCCC(=O)CC1. The molecule has 1 heteroatoms. The van der Waals surface area contributed by atoms with Crippen LogP contribution in [-0.2, 0) is 4.79 Å². The van der Waals surface area contributed by atoms with Crippen molar-refractivity contribution in [3.8, 4) is 0 Å². The Balaban J connectivity index is 2.54. The predicted molar refractivity (Wildman–Crippen MR) is 46.4 cm³/mol. The number of carbonyl (C=O) groups excluding carboxylic acids is 1. The van der Waals surface area contributed by atoms with E-state index >= 15 is 0 Å². The molecule has 1 rings (SSSR count). The number of Topliss-reactive ketones (excluding diaryl/α,β-unsaturated/α-hetero) is 1. The van der Waals surface area contributed by atoms with Crippen molar-refractivity contribution in [1.82, 2.24) is 0 Å². The lowest BCUT2D eigenvalue weighted by molar-refractivity contribution is -0.119. The smallest absolute Gasteiger partial charge is 0.133 e. The molecular weight excluding hydrogens is 136 g/mol. The highest BCUT2D eigenvalue weighted by molar-refractivity contribution is 5.78. The second-order valence-electron chi connectivity index (χ2n) is 2.91. The van der Waals surface area contributed by atoms with Gasteiger partial charge in [-0.25, -0.2) is 0 Å². The fourth-order valence-corrected chi connectivity index (χ4v) is 1.28. The maximum Gasteiger partial charge on any atom is 0.133 e. The summed E-state index contributed by atoms with van der Waals surface area (Å²) in [6.45, 7) is 3.70. The Morgan fingerprint density at radius 1 is 1.36 bits per heavy atom. The summed E-state index contributed by atoms with van der Waals surface area (Å²) in [6.07, 6.45) is 8.46. The molecule has 0 bridgehead atoms. The van der Waals surface area contributed by atoms with E-state index < -0.39 is 0 Å². The lowest BCUT2D eigenvalue weighted by Crippen LogP contribution is -2.00. The molecule has 1 aliphatic carbocycles. The van der Waals surface area contributed by atoms with E-state index in [1.54, 1.807) is 0 Å². The van der Waals surface area contributed by atoms with E-state index in [2.05, 4.69) is 12.7 Å². The largest absolute Gasteiger partial charge is 0.300 e. The van der Waals surface area contributed by atoms with Crippen LogP contribution in [0.4, 0.5) is 0 Å². The summed E-state index contributed by atoms with van der Waals surface area (Å²) in [5.74, 6) is 0.400. The third kappa shape index (κ3) is 2.71. The molecular formula is C10H14O. The molecule has 0 spiro atoms. The van der Waals surface area contributed by atoms with Gasteiger partial charge in [0.1, 0.15) is 5.78 Å². The van der Waals surface area contributed by atoms with Crippen molar-refractivity contribution in [3.63, 3.8) is 0 Å². The average molecular weight is 150 g/mol. The fraction of sp³-hybridized carbons (Fsp3) is 0.500. The van der Waals surface area contributed by atoms with Gasteiger partial charge in [0.25, 0.3) is 0 Å². The molecule has 0 aromatic rings. The summed E-state index contributed by atoms with van der Waals surface area (Å²) in [7, 11) is 0. The summed E-state index contributed by atoms with van der Waals surface area (Å²) in [6, 6.07) is 0. The van der Waals surface area contributed by atoms with E-state index in [1.807, 2.05) is 6.08 Å². The van der Waals surface area contributed by atoms with Gasteiger partial charge in [0.15, 0.2) is 0 Å². The van der Waals surface area contributed by atoms with Crippen LogP contribution in [-0.4, -0.2) is 5.78 Å². The van der Waals surface area contributed by atoms with Crippen LogP contribution in [0.25, 0.3) is 0 Å². The van der Waals surface area contributed by atoms with Crippen LogP contribution in [0.5, 0.6) is 0 Å². The van der Waals surface area contributed by atoms with Crippen molar-refractivity contribution in [2.75, 3.05) is 0 Å². The minimum absolute atomic E-state index is 0.400. The normalized spacial score (nSPS) is 20.0. The lowest BCUT2D eigenvalue weighted by atomic mass is 9.99. The van der Waals surface area contributed by atoms with Crippen LogP contribution in [0.1, 0.15) is 32.1 Å². The van der Waals surface area contributed by atoms with Crippen LogP contribution in [0, 0.1) is 0 Å². The molecule has 1 nitrogen and oxygen atoms in total. The maximum atomic E-state index is 11.0.